The molecule has 2 heterocycles. The number of anilines is 1. The van der Waals surface area contributed by atoms with E-state index in [1.54, 1.807) is 6.33 Å². The summed E-state index contributed by atoms with van der Waals surface area (Å²) in [5.41, 5.74) is 4.37. The molecule has 0 unspecified atom stereocenters. The lowest BCUT2D eigenvalue weighted by atomic mass is 10.1. The minimum atomic E-state index is 0.908. The van der Waals surface area contributed by atoms with Crippen LogP contribution in [0, 0.1) is 6.92 Å². The molecule has 21 heavy (non-hydrogen) atoms. The van der Waals surface area contributed by atoms with Gasteiger partial charge in [0, 0.05) is 17.4 Å². The molecular formula is C17H22N4. The molecule has 0 aliphatic heterocycles. The van der Waals surface area contributed by atoms with Crippen LogP contribution in [0.1, 0.15) is 38.2 Å². The number of hydrogen-bond acceptors (Lipinski definition) is 3. The fourth-order valence-electron chi connectivity index (χ4n) is 2.70. The molecule has 0 radical (unpaired) electrons. The van der Waals surface area contributed by atoms with Gasteiger partial charge < -0.3 is 10.3 Å². The van der Waals surface area contributed by atoms with Gasteiger partial charge in [0.25, 0.3) is 0 Å². The van der Waals surface area contributed by atoms with Gasteiger partial charge in [-0.05, 0) is 25.5 Å². The van der Waals surface area contributed by atoms with Crippen LogP contribution >= 0.6 is 0 Å². The lowest BCUT2D eigenvalue weighted by Crippen LogP contribution is -2.04. The maximum absolute atomic E-state index is 4.45. The standard InChI is InChI=1S/C17H22N4/c1-3-4-5-6-9-18-17-16-15(19-11-20-17)13-10-12(2)7-8-14(13)21-16/h7-8,10-11,21H,3-6,9H2,1-2H3,(H,18,19,20). The van der Waals surface area contributed by atoms with E-state index >= 15 is 0 Å². The Hall–Kier alpha value is -2.10. The Balaban J connectivity index is 1.87. The number of rotatable bonds is 6. The van der Waals surface area contributed by atoms with Crippen molar-refractivity contribution in [2.45, 2.75) is 39.5 Å². The van der Waals surface area contributed by atoms with E-state index in [1.807, 2.05) is 0 Å². The van der Waals surface area contributed by atoms with Gasteiger partial charge in [-0.1, -0.05) is 37.8 Å². The Morgan fingerprint density at radius 3 is 2.90 bits per heavy atom. The van der Waals surface area contributed by atoms with Crippen LogP contribution in [0.2, 0.25) is 0 Å². The summed E-state index contributed by atoms with van der Waals surface area (Å²) in [4.78, 5) is 12.3. The minimum absolute atomic E-state index is 0.908. The number of H-pyrrole nitrogens is 1. The molecule has 4 heteroatoms. The number of aryl methyl sites for hydroxylation is 1. The zero-order valence-corrected chi connectivity index (χ0v) is 12.7. The first-order valence-corrected chi connectivity index (χ1v) is 7.76. The van der Waals surface area contributed by atoms with E-state index in [-0.39, 0.29) is 0 Å². The van der Waals surface area contributed by atoms with Crippen molar-refractivity contribution < 1.29 is 0 Å². The van der Waals surface area contributed by atoms with Crippen molar-refractivity contribution in [1.29, 1.82) is 0 Å². The molecule has 0 saturated heterocycles. The van der Waals surface area contributed by atoms with Crippen LogP contribution in [0.25, 0.3) is 21.9 Å². The fraction of sp³-hybridized carbons (Fsp3) is 0.412. The van der Waals surface area contributed by atoms with Gasteiger partial charge in [0.15, 0.2) is 5.82 Å². The predicted molar refractivity (Wildman–Crippen MR) is 88.8 cm³/mol. The Labute approximate surface area is 125 Å². The molecule has 110 valence electrons. The Morgan fingerprint density at radius 2 is 2.05 bits per heavy atom. The van der Waals surface area contributed by atoms with Gasteiger partial charge in [-0.15, -0.1) is 0 Å². The summed E-state index contributed by atoms with van der Waals surface area (Å²) in [6.07, 6.45) is 6.65. The van der Waals surface area contributed by atoms with Crippen LogP contribution in [-0.2, 0) is 0 Å². The van der Waals surface area contributed by atoms with E-state index in [0.29, 0.717) is 0 Å². The van der Waals surface area contributed by atoms with E-state index in [4.69, 9.17) is 0 Å². The van der Waals surface area contributed by atoms with Gasteiger partial charge in [0.1, 0.15) is 17.4 Å². The smallest absolute Gasteiger partial charge is 0.153 e. The molecule has 0 atom stereocenters. The number of aromatic nitrogens is 3. The molecule has 0 aliphatic rings. The van der Waals surface area contributed by atoms with Gasteiger partial charge in [-0.2, -0.15) is 0 Å². The minimum Gasteiger partial charge on any atom is -0.368 e. The van der Waals surface area contributed by atoms with E-state index in [2.05, 4.69) is 52.3 Å². The van der Waals surface area contributed by atoms with E-state index in [0.717, 1.165) is 28.9 Å². The Bertz CT molecular complexity index is 745. The maximum atomic E-state index is 4.45. The van der Waals surface area contributed by atoms with Gasteiger partial charge in [0.2, 0.25) is 0 Å². The number of aromatic amines is 1. The van der Waals surface area contributed by atoms with Crippen molar-refractivity contribution in [3.05, 3.63) is 30.1 Å². The lowest BCUT2D eigenvalue weighted by molar-refractivity contribution is 0.684. The SMILES string of the molecule is CCCCCCNc1ncnc2c1[nH]c1ccc(C)cc12. The number of nitrogens with zero attached hydrogens (tertiary/aromatic N) is 2. The third-order valence-electron chi connectivity index (χ3n) is 3.86. The topological polar surface area (TPSA) is 53.6 Å². The highest BCUT2D eigenvalue weighted by Crippen LogP contribution is 2.27. The number of unbranched alkanes of at least 4 members (excludes halogenated alkanes) is 3. The van der Waals surface area contributed by atoms with Crippen molar-refractivity contribution in [3.63, 3.8) is 0 Å². The average Bonchev–Trinajstić information content (AvgIpc) is 2.86. The van der Waals surface area contributed by atoms with E-state index in [9.17, 15) is 0 Å². The highest BCUT2D eigenvalue weighted by molar-refractivity contribution is 6.08. The number of hydrogen-bond donors (Lipinski definition) is 2. The second-order valence-corrected chi connectivity index (χ2v) is 5.61. The van der Waals surface area contributed by atoms with Crippen LogP contribution in [0.15, 0.2) is 24.5 Å². The lowest BCUT2D eigenvalue weighted by Gasteiger charge is -2.05. The second-order valence-electron chi connectivity index (χ2n) is 5.61. The van der Waals surface area contributed by atoms with Gasteiger partial charge in [-0.25, -0.2) is 9.97 Å². The molecular weight excluding hydrogens is 260 g/mol. The zero-order valence-electron chi connectivity index (χ0n) is 12.7. The van der Waals surface area contributed by atoms with Crippen molar-refractivity contribution in [1.82, 2.24) is 15.0 Å². The zero-order chi connectivity index (χ0) is 14.7. The summed E-state index contributed by atoms with van der Waals surface area (Å²) in [7, 11) is 0. The first kappa shape index (κ1) is 13.9. The van der Waals surface area contributed by atoms with Gasteiger partial charge in [0.05, 0.1) is 0 Å². The van der Waals surface area contributed by atoms with Crippen LogP contribution in [-0.4, -0.2) is 21.5 Å². The molecule has 1 aromatic carbocycles. The molecule has 0 aliphatic carbocycles. The molecule has 3 rings (SSSR count). The van der Waals surface area contributed by atoms with Crippen LogP contribution in [0.4, 0.5) is 5.82 Å². The van der Waals surface area contributed by atoms with Crippen molar-refractivity contribution in [2.24, 2.45) is 0 Å². The van der Waals surface area contributed by atoms with Gasteiger partial charge >= 0.3 is 0 Å². The molecule has 0 amide bonds. The van der Waals surface area contributed by atoms with Crippen LogP contribution in [0.5, 0.6) is 0 Å². The Morgan fingerprint density at radius 1 is 1.14 bits per heavy atom. The molecule has 2 N–H and O–H groups in total. The summed E-state index contributed by atoms with van der Waals surface area (Å²) < 4.78 is 0. The van der Waals surface area contributed by atoms with E-state index in [1.165, 1.54) is 36.6 Å². The third-order valence-corrected chi connectivity index (χ3v) is 3.86. The molecule has 4 nitrogen and oxygen atoms in total. The fourth-order valence-corrected chi connectivity index (χ4v) is 2.70. The number of fused-ring (bicyclic) bond motifs is 3. The van der Waals surface area contributed by atoms with Crippen LogP contribution < -0.4 is 5.32 Å². The normalized spacial score (nSPS) is 11.3. The first-order chi connectivity index (χ1) is 10.3. The summed E-state index contributed by atoms with van der Waals surface area (Å²) in [6, 6.07) is 6.40. The molecule has 2 aromatic heterocycles. The number of benzene rings is 1. The van der Waals surface area contributed by atoms with Crippen molar-refractivity contribution in [3.8, 4) is 0 Å². The largest absolute Gasteiger partial charge is 0.368 e. The average molecular weight is 282 g/mol. The molecule has 0 fully saturated rings. The highest BCUT2D eigenvalue weighted by atomic mass is 15.0. The monoisotopic (exact) mass is 282 g/mol. The van der Waals surface area contributed by atoms with Crippen molar-refractivity contribution in [2.75, 3.05) is 11.9 Å². The summed E-state index contributed by atoms with van der Waals surface area (Å²) >= 11 is 0. The molecule has 0 saturated carbocycles. The molecule has 0 bridgehead atoms. The van der Waals surface area contributed by atoms with Gasteiger partial charge in [-0.3, -0.25) is 0 Å². The second kappa shape index (κ2) is 6.12. The first-order valence-electron chi connectivity index (χ1n) is 7.76. The maximum Gasteiger partial charge on any atom is 0.153 e. The predicted octanol–water partition coefficient (Wildman–Crippen LogP) is 4.41. The number of nitrogens with one attached hydrogen (secondary N) is 2. The quantitative estimate of drug-likeness (QED) is 0.658. The summed E-state index contributed by atoms with van der Waals surface area (Å²) in [5.74, 6) is 0.908. The Kier molecular flexibility index (Phi) is 4.04. The molecule has 0 spiro atoms. The summed E-state index contributed by atoms with van der Waals surface area (Å²) in [5, 5.41) is 4.61. The third kappa shape index (κ3) is 2.84. The van der Waals surface area contributed by atoms with Crippen LogP contribution in [0.3, 0.4) is 0 Å². The molecule has 3 aromatic rings. The van der Waals surface area contributed by atoms with E-state index < -0.39 is 0 Å². The van der Waals surface area contributed by atoms with Crippen molar-refractivity contribution >= 4 is 27.8 Å². The summed E-state index contributed by atoms with van der Waals surface area (Å²) in [6.45, 7) is 5.29. The highest BCUT2D eigenvalue weighted by Gasteiger charge is 2.10.